The topological polar surface area (TPSA) is 65.2 Å². The molecule has 0 fully saturated rings. The summed E-state index contributed by atoms with van der Waals surface area (Å²) >= 11 is 6.13. The molecular formula is C18H15ClN2O3. The summed E-state index contributed by atoms with van der Waals surface area (Å²) in [6.45, 7) is 3.63. The Kier molecular flexibility index (Phi) is 4.62. The lowest BCUT2D eigenvalue weighted by molar-refractivity contribution is 0.0436. The molecule has 0 aliphatic heterocycles. The summed E-state index contributed by atoms with van der Waals surface area (Å²) < 4.78 is 10.5. The van der Waals surface area contributed by atoms with Gasteiger partial charge in [0.2, 0.25) is 0 Å². The third-order valence-electron chi connectivity index (χ3n) is 3.50. The zero-order chi connectivity index (χ0) is 17.1. The molecule has 2 aromatic heterocycles. The monoisotopic (exact) mass is 342 g/mol. The van der Waals surface area contributed by atoms with Gasteiger partial charge in [-0.25, -0.2) is 4.79 Å². The minimum absolute atomic E-state index is 0.0103. The summed E-state index contributed by atoms with van der Waals surface area (Å²) in [6, 6.07) is 12.5. The number of carbonyl (C=O) groups is 1. The second-order valence-corrected chi connectivity index (χ2v) is 5.73. The van der Waals surface area contributed by atoms with Crippen molar-refractivity contribution in [3.63, 3.8) is 0 Å². The van der Waals surface area contributed by atoms with E-state index in [0.29, 0.717) is 27.7 Å². The smallest absolute Gasteiger partial charge is 0.340 e. The van der Waals surface area contributed by atoms with E-state index in [0.717, 1.165) is 11.3 Å². The van der Waals surface area contributed by atoms with Gasteiger partial charge >= 0.3 is 5.97 Å². The van der Waals surface area contributed by atoms with Crippen LogP contribution in [0.4, 0.5) is 0 Å². The first-order chi connectivity index (χ1) is 11.5. The Bertz CT molecular complexity index is 889. The Morgan fingerprint density at radius 1 is 1.21 bits per heavy atom. The molecule has 0 aliphatic carbocycles. The van der Waals surface area contributed by atoms with Crippen molar-refractivity contribution >= 4 is 17.6 Å². The van der Waals surface area contributed by atoms with E-state index in [1.54, 1.807) is 31.2 Å². The average molecular weight is 343 g/mol. The number of ether oxygens (including phenoxy) is 1. The maximum Gasteiger partial charge on any atom is 0.340 e. The van der Waals surface area contributed by atoms with Crippen molar-refractivity contribution < 1.29 is 14.1 Å². The van der Waals surface area contributed by atoms with Crippen LogP contribution in [0.1, 0.15) is 27.5 Å². The molecule has 0 saturated heterocycles. The molecule has 0 atom stereocenters. The number of esters is 1. The van der Waals surface area contributed by atoms with Gasteiger partial charge in [-0.05, 0) is 32.0 Å². The molecule has 1 aromatic carbocycles. The molecule has 0 radical (unpaired) electrons. The summed E-state index contributed by atoms with van der Waals surface area (Å²) in [5.41, 5.74) is 3.28. The fraction of sp³-hybridized carbons (Fsp3) is 0.167. The number of hydrogen-bond acceptors (Lipinski definition) is 5. The molecular weight excluding hydrogens is 328 g/mol. The second kappa shape index (κ2) is 6.84. The van der Waals surface area contributed by atoms with Crippen molar-refractivity contribution in [2.75, 3.05) is 0 Å². The van der Waals surface area contributed by atoms with Crippen molar-refractivity contribution in [2.24, 2.45) is 0 Å². The molecule has 0 bridgehead atoms. The van der Waals surface area contributed by atoms with Crippen molar-refractivity contribution in [3.05, 3.63) is 70.2 Å². The standard InChI is InChI=1S/C18H15ClN2O3/c1-11-7-8-14(12(2)20-11)18(22)23-10-13-9-17(21-24-13)15-5-3-4-6-16(15)19/h3-9H,10H2,1-2H3. The number of nitrogens with zero attached hydrogens (tertiary/aromatic N) is 2. The largest absolute Gasteiger partial charge is 0.454 e. The van der Waals surface area contributed by atoms with Crippen LogP contribution in [-0.2, 0) is 11.3 Å². The maximum atomic E-state index is 12.1. The number of pyridine rings is 1. The van der Waals surface area contributed by atoms with Crippen LogP contribution in [0.15, 0.2) is 47.0 Å². The Hall–Kier alpha value is -2.66. The summed E-state index contributed by atoms with van der Waals surface area (Å²) in [4.78, 5) is 16.4. The number of aryl methyl sites for hydroxylation is 2. The molecule has 122 valence electrons. The van der Waals surface area contributed by atoms with Gasteiger partial charge in [-0.1, -0.05) is 35.0 Å². The highest BCUT2D eigenvalue weighted by Crippen LogP contribution is 2.27. The molecule has 3 rings (SSSR count). The van der Waals surface area contributed by atoms with Crippen molar-refractivity contribution in [1.82, 2.24) is 10.1 Å². The molecule has 0 N–H and O–H groups in total. The molecule has 3 aromatic rings. The molecule has 0 amide bonds. The Balaban J connectivity index is 1.69. The zero-order valence-electron chi connectivity index (χ0n) is 13.2. The van der Waals surface area contributed by atoms with Crippen molar-refractivity contribution in [1.29, 1.82) is 0 Å². The van der Waals surface area contributed by atoms with Crippen LogP contribution in [0.3, 0.4) is 0 Å². The number of hydrogen-bond donors (Lipinski definition) is 0. The van der Waals surface area contributed by atoms with Gasteiger partial charge in [0.05, 0.1) is 16.3 Å². The fourth-order valence-electron chi connectivity index (χ4n) is 2.29. The Labute approximate surface area is 144 Å². The number of aromatic nitrogens is 2. The molecule has 2 heterocycles. The minimum Gasteiger partial charge on any atom is -0.454 e. The first-order valence-corrected chi connectivity index (χ1v) is 7.74. The number of benzene rings is 1. The summed E-state index contributed by atoms with van der Waals surface area (Å²) in [5.74, 6) is -0.00770. The quantitative estimate of drug-likeness (QED) is 0.659. The lowest BCUT2D eigenvalue weighted by Crippen LogP contribution is -2.08. The van der Waals surface area contributed by atoms with Crippen LogP contribution in [0, 0.1) is 13.8 Å². The molecule has 0 aliphatic rings. The van der Waals surface area contributed by atoms with E-state index in [1.807, 2.05) is 25.1 Å². The van der Waals surface area contributed by atoms with Gasteiger partial charge in [0.15, 0.2) is 12.4 Å². The van der Waals surface area contributed by atoms with Crippen LogP contribution in [0.25, 0.3) is 11.3 Å². The van der Waals surface area contributed by atoms with Gasteiger partial charge in [-0.2, -0.15) is 0 Å². The van der Waals surface area contributed by atoms with E-state index in [2.05, 4.69) is 10.1 Å². The van der Waals surface area contributed by atoms with Crippen LogP contribution in [0.2, 0.25) is 5.02 Å². The fourth-order valence-corrected chi connectivity index (χ4v) is 2.53. The summed E-state index contributed by atoms with van der Waals surface area (Å²) in [7, 11) is 0. The number of halogens is 1. The molecule has 0 saturated carbocycles. The second-order valence-electron chi connectivity index (χ2n) is 5.32. The molecule has 6 heteroatoms. The Morgan fingerprint density at radius 2 is 2.00 bits per heavy atom. The highest BCUT2D eigenvalue weighted by molar-refractivity contribution is 6.33. The third-order valence-corrected chi connectivity index (χ3v) is 3.83. The van der Waals surface area contributed by atoms with Crippen molar-refractivity contribution in [2.45, 2.75) is 20.5 Å². The van der Waals surface area contributed by atoms with Crippen LogP contribution in [0.5, 0.6) is 0 Å². The lowest BCUT2D eigenvalue weighted by atomic mass is 10.1. The highest BCUT2D eigenvalue weighted by atomic mass is 35.5. The predicted octanol–water partition coefficient (Wildman–Crippen LogP) is 4.36. The number of rotatable bonds is 4. The van der Waals surface area contributed by atoms with Gasteiger partial charge in [-0.3, -0.25) is 4.98 Å². The van der Waals surface area contributed by atoms with E-state index in [1.165, 1.54) is 0 Å². The summed E-state index contributed by atoms with van der Waals surface area (Å²) in [5, 5.41) is 4.54. The Morgan fingerprint density at radius 3 is 2.75 bits per heavy atom. The van der Waals surface area contributed by atoms with Gasteiger partial charge in [-0.15, -0.1) is 0 Å². The minimum atomic E-state index is -0.448. The van der Waals surface area contributed by atoms with E-state index in [4.69, 9.17) is 20.9 Å². The predicted molar refractivity (Wildman–Crippen MR) is 89.8 cm³/mol. The van der Waals surface area contributed by atoms with Gasteiger partial charge in [0.1, 0.15) is 5.69 Å². The van der Waals surface area contributed by atoms with Gasteiger partial charge < -0.3 is 9.26 Å². The van der Waals surface area contributed by atoms with E-state index >= 15 is 0 Å². The first-order valence-electron chi connectivity index (χ1n) is 7.36. The number of carbonyl (C=O) groups excluding carboxylic acids is 1. The van der Waals surface area contributed by atoms with E-state index in [9.17, 15) is 4.79 Å². The molecule has 0 spiro atoms. The molecule has 24 heavy (non-hydrogen) atoms. The van der Waals surface area contributed by atoms with E-state index < -0.39 is 5.97 Å². The lowest BCUT2D eigenvalue weighted by Gasteiger charge is -2.05. The highest BCUT2D eigenvalue weighted by Gasteiger charge is 2.14. The first kappa shape index (κ1) is 16.2. The van der Waals surface area contributed by atoms with Crippen LogP contribution >= 0.6 is 11.6 Å². The van der Waals surface area contributed by atoms with Gasteiger partial charge in [0.25, 0.3) is 0 Å². The van der Waals surface area contributed by atoms with Crippen molar-refractivity contribution in [3.8, 4) is 11.3 Å². The van der Waals surface area contributed by atoms with E-state index in [-0.39, 0.29) is 6.61 Å². The van der Waals surface area contributed by atoms with Crippen LogP contribution in [-0.4, -0.2) is 16.1 Å². The van der Waals surface area contributed by atoms with Crippen LogP contribution < -0.4 is 0 Å². The molecule has 5 nitrogen and oxygen atoms in total. The normalized spacial score (nSPS) is 10.6. The third kappa shape index (κ3) is 3.46. The average Bonchev–Trinajstić information content (AvgIpc) is 3.02. The zero-order valence-corrected chi connectivity index (χ0v) is 14.0. The molecule has 0 unspecified atom stereocenters. The van der Waals surface area contributed by atoms with Gasteiger partial charge in [0, 0.05) is 17.3 Å². The summed E-state index contributed by atoms with van der Waals surface area (Å²) in [6.07, 6.45) is 0. The SMILES string of the molecule is Cc1ccc(C(=O)OCc2cc(-c3ccccc3Cl)no2)c(C)n1. The maximum absolute atomic E-state index is 12.1.